The van der Waals surface area contributed by atoms with Crippen LogP contribution in [0.1, 0.15) is 127 Å². The number of alkyl carbamates (subject to hydrolysis) is 1. The number of amides is 3. The molecule has 2 saturated heterocycles. The van der Waals surface area contributed by atoms with Gasteiger partial charge in [0.15, 0.2) is 0 Å². The first-order valence-corrected chi connectivity index (χ1v) is 18.4. The molecule has 3 aliphatic rings. The van der Waals surface area contributed by atoms with E-state index in [0.29, 0.717) is 45.5 Å². The predicted octanol–water partition coefficient (Wildman–Crippen LogP) is 5.85. The van der Waals surface area contributed by atoms with Crippen LogP contribution >= 0.6 is 0 Å². The zero-order chi connectivity index (χ0) is 37.1. The summed E-state index contributed by atoms with van der Waals surface area (Å²) in [6.45, 7) is 18.2. The number of allylic oxidation sites excluding steroid dienone is 1. The van der Waals surface area contributed by atoms with Crippen LogP contribution in [0.4, 0.5) is 9.59 Å². The lowest BCUT2D eigenvalue weighted by atomic mass is 9.96. The van der Waals surface area contributed by atoms with Crippen molar-refractivity contribution in [1.82, 2.24) is 20.4 Å². The fourth-order valence-electron chi connectivity index (χ4n) is 6.34. The normalized spacial score (nSPS) is 21.7. The quantitative estimate of drug-likeness (QED) is 0.0984. The number of nitrogens with one attached hydrogen (secondary N) is 2. The molecule has 13 nitrogen and oxygen atoms in total. The second-order valence-electron chi connectivity index (χ2n) is 16.6. The van der Waals surface area contributed by atoms with Crippen LogP contribution in [0, 0.1) is 0 Å². The number of esters is 1. The van der Waals surface area contributed by atoms with Gasteiger partial charge < -0.3 is 34.1 Å². The molecule has 2 aliphatic heterocycles. The molecule has 1 unspecified atom stereocenters. The number of hydrogen-bond donors (Lipinski definition) is 2. The van der Waals surface area contributed by atoms with Gasteiger partial charge in [-0.3, -0.25) is 14.9 Å². The molecule has 0 bridgehead atoms. The fourth-order valence-corrected chi connectivity index (χ4v) is 6.34. The second-order valence-corrected chi connectivity index (χ2v) is 16.6. The van der Waals surface area contributed by atoms with Crippen molar-refractivity contribution in [2.24, 2.45) is 4.99 Å². The van der Waals surface area contributed by atoms with Crippen molar-refractivity contribution in [3.63, 3.8) is 0 Å². The van der Waals surface area contributed by atoms with Crippen LogP contribution in [0.25, 0.3) is 0 Å². The van der Waals surface area contributed by atoms with Gasteiger partial charge in [0.1, 0.15) is 16.8 Å². The molecule has 13 heteroatoms. The van der Waals surface area contributed by atoms with Crippen molar-refractivity contribution in [1.29, 1.82) is 0 Å². The van der Waals surface area contributed by atoms with Crippen molar-refractivity contribution >= 4 is 30.0 Å². The summed E-state index contributed by atoms with van der Waals surface area (Å²) < 4.78 is 22.7. The number of carbonyl (C=O) groups is 4. The summed E-state index contributed by atoms with van der Waals surface area (Å²) in [5, 5.41) is 6.14. The minimum atomic E-state index is -0.798. The third-order valence-electron chi connectivity index (χ3n) is 8.45. The number of rotatable bonds is 9. The SMILES string of the molecule is CC(C)(C)OC(=O)C[C@H](NC1CC=CCC1)C(=O)N1CCCC[C@H]1CCOC1CCN(C(=NC(=O)OC(C)(C)C)NC(=O)OC(C)(C)C)CC1. The molecule has 2 fully saturated rings. The Morgan fingerprint density at radius 2 is 1.48 bits per heavy atom. The first-order chi connectivity index (χ1) is 23.3. The minimum Gasteiger partial charge on any atom is -0.460 e. The number of guanidine groups is 1. The third-order valence-corrected chi connectivity index (χ3v) is 8.45. The minimum absolute atomic E-state index is 0.00336. The van der Waals surface area contributed by atoms with E-state index in [2.05, 4.69) is 27.8 Å². The lowest BCUT2D eigenvalue weighted by Gasteiger charge is -2.39. The van der Waals surface area contributed by atoms with Gasteiger partial charge in [-0.25, -0.2) is 9.59 Å². The van der Waals surface area contributed by atoms with E-state index >= 15 is 0 Å². The maximum absolute atomic E-state index is 14.1. The molecule has 3 rings (SSSR count). The average Bonchev–Trinajstić information content (AvgIpc) is 2.98. The Kier molecular flexibility index (Phi) is 15.1. The maximum Gasteiger partial charge on any atom is 0.437 e. The van der Waals surface area contributed by atoms with Gasteiger partial charge in [0, 0.05) is 38.3 Å². The summed E-state index contributed by atoms with van der Waals surface area (Å²) in [5.41, 5.74) is -2.08. The Morgan fingerprint density at radius 1 is 0.820 bits per heavy atom. The van der Waals surface area contributed by atoms with E-state index in [1.54, 1.807) is 41.5 Å². The largest absolute Gasteiger partial charge is 0.460 e. The highest BCUT2D eigenvalue weighted by atomic mass is 16.6. The smallest absolute Gasteiger partial charge is 0.437 e. The predicted molar refractivity (Wildman–Crippen MR) is 192 cm³/mol. The first-order valence-electron chi connectivity index (χ1n) is 18.4. The van der Waals surface area contributed by atoms with Crippen LogP contribution in [-0.2, 0) is 28.5 Å². The summed E-state index contributed by atoms with van der Waals surface area (Å²) >= 11 is 0. The zero-order valence-corrected chi connectivity index (χ0v) is 32.0. The Labute approximate surface area is 299 Å². The van der Waals surface area contributed by atoms with Gasteiger partial charge in [-0.1, -0.05) is 12.2 Å². The number of ether oxygens (including phenoxy) is 4. The molecule has 0 aromatic heterocycles. The van der Waals surface area contributed by atoms with Crippen LogP contribution in [0.15, 0.2) is 17.1 Å². The number of hydrogen-bond acceptors (Lipinski definition) is 9. The summed E-state index contributed by atoms with van der Waals surface area (Å²) in [5.74, 6) is -0.335. The molecule has 0 saturated carbocycles. The Morgan fingerprint density at radius 3 is 2.08 bits per heavy atom. The molecule has 0 aromatic rings. The van der Waals surface area contributed by atoms with E-state index in [1.807, 2.05) is 30.6 Å². The van der Waals surface area contributed by atoms with Crippen LogP contribution in [0.5, 0.6) is 0 Å². The molecule has 284 valence electrons. The van der Waals surface area contributed by atoms with E-state index in [0.717, 1.165) is 38.5 Å². The summed E-state index contributed by atoms with van der Waals surface area (Å²) in [7, 11) is 0. The summed E-state index contributed by atoms with van der Waals surface area (Å²) in [4.78, 5) is 59.9. The van der Waals surface area contributed by atoms with E-state index < -0.39 is 35.0 Å². The van der Waals surface area contributed by atoms with Gasteiger partial charge in [-0.05, 0) is 120 Å². The van der Waals surface area contributed by atoms with Gasteiger partial charge in [0.2, 0.25) is 11.9 Å². The molecule has 50 heavy (non-hydrogen) atoms. The van der Waals surface area contributed by atoms with E-state index in [4.69, 9.17) is 18.9 Å². The monoisotopic (exact) mass is 705 g/mol. The van der Waals surface area contributed by atoms with Crippen molar-refractivity contribution in [2.45, 2.75) is 168 Å². The van der Waals surface area contributed by atoms with Crippen molar-refractivity contribution < 1.29 is 38.1 Å². The van der Waals surface area contributed by atoms with Gasteiger partial charge in [-0.15, -0.1) is 4.99 Å². The van der Waals surface area contributed by atoms with Crippen LogP contribution in [0.2, 0.25) is 0 Å². The lowest BCUT2D eigenvalue weighted by molar-refractivity contribution is -0.158. The molecule has 3 atom stereocenters. The van der Waals surface area contributed by atoms with Crippen molar-refractivity contribution in [3.8, 4) is 0 Å². The first kappa shape index (κ1) is 41.2. The number of aliphatic imine (C=N–C) groups is 1. The van der Waals surface area contributed by atoms with Crippen LogP contribution < -0.4 is 10.6 Å². The van der Waals surface area contributed by atoms with E-state index in [9.17, 15) is 19.2 Å². The molecule has 0 radical (unpaired) electrons. The van der Waals surface area contributed by atoms with Gasteiger partial charge >= 0.3 is 18.2 Å². The number of carbonyl (C=O) groups excluding carboxylic acids is 4. The Hall–Kier alpha value is -3.19. The third kappa shape index (κ3) is 15.4. The summed E-state index contributed by atoms with van der Waals surface area (Å²) in [6, 6.07) is -0.475. The molecule has 2 heterocycles. The number of piperidine rings is 2. The van der Waals surface area contributed by atoms with E-state index in [-0.39, 0.29) is 42.4 Å². The molecular formula is C37H63N5O8. The standard InChI is InChI=1S/C37H63N5O8/c1-35(2,3)48-30(43)25-29(38-26-15-11-10-12-16-26)31(44)42-21-14-13-17-27(42)20-24-47-28-18-22-41(23-19-28)32(39-33(45)49-36(4,5)6)40-34(46)50-37(7,8)9/h10-11,26-29,38H,12-25H2,1-9H3,(H,39,40,45,46)/t26?,27-,29-/m0/s1. The molecule has 0 spiro atoms. The molecule has 1 aliphatic carbocycles. The number of nitrogens with zero attached hydrogens (tertiary/aromatic N) is 3. The van der Waals surface area contributed by atoms with Crippen LogP contribution in [0.3, 0.4) is 0 Å². The fraction of sp³-hybridized carbons (Fsp3) is 0.811. The molecular weight excluding hydrogens is 642 g/mol. The highest BCUT2D eigenvalue weighted by Crippen LogP contribution is 2.24. The Bertz CT molecular complexity index is 1210. The highest BCUT2D eigenvalue weighted by Gasteiger charge is 2.35. The van der Waals surface area contributed by atoms with Gasteiger partial charge in [0.25, 0.3) is 0 Å². The number of likely N-dealkylation sites (tertiary alicyclic amines) is 2. The average molecular weight is 706 g/mol. The van der Waals surface area contributed by atoms with Gasteiger partial charge in [-0.2, -0.15) is 0 Å². The molecule has 3 amide bonds. The van der Waals surface area contributed by atoms with Crippen molar-refractivity contribution in [3.05, 3.63) is 12.2 Å². The van der Waals surface area contributed by atoms with E-state index in [1.165, 1.54) is 0 Å². The van der Waals surface area contributed by atoms with Crippen LogP contribution in [-0.4, -0.2) is 107 Å². The molecule has 0 aromatic carbocycles. The zero-order valence-electron chi connectivity index (χ0n) is 32.0. The second kappa shape index (κ2) is 18.3. The van der Waals surface area contributed by atoms with Crippen molar-refractivity contribution in [2.75, 3.05) is 26.2 Å². The highest BCUT2D eigenvalue weighted by molar-refractivity contribution is 5.99. The lowest BCUT2D eigenvalue weighted by Crippen LogP contribution is -2.55. The maximum atomic E-state index is 14.1. The van der Waals surface area contributed by atoms with Gasteiger partial charge in [0.05, 0.1) is 18.6 Å². The Balaban J connectivity index is 1.58. The summed E-state index contributed by atoms with van der Waals surface area (Å²) in [6.07, 6.45) is 10.3. The molecule has 2 N–H and O–H groups in total. The topological polar surface area (TPSA) is 148 Å².